The number of unbranched alkanes of at least 4 members (excludes halogenated alkanes) is 1. The number of aliphatic imine (C=N–C) groups is 1. The van der Waals surface area contributed by atoms with E-state index in [-0.39, 0.29) is 34.3 Å². The minimum absolute atomic E-state index is 0.156. The van der Waals surface area contributed by atoms with Gasteiger partial charge >= 0.3 is 0 Å². The highest BCUT2D eigenvalue weighted by Crippen LogP contribution is 2.34. The number of rotatable bonds is 10. The van der Waals surface area contributed by atoms with Crippen LogP contribution in [-0.2, 0) is 9.53 Å². The lowest BCUT2D eigenvalue weighted by Gasteiger charge is -2.35. The van der Waals surface area contributed by atoms with Crippen molar-refractivity contribution in [3.05, 3.63) is 51.9 Å². The van der Waals surface area contributed by atoms with Crippen molar-refractivity contribution in [3.63, 3.8) is 0 Å². The lowest BCUT2D eigenvalue weighted by molar-refractivity contribution is -0.134. The summed E-state index contributed by atoms with van der Waals surface area (Å²) in [5, 5.41) is 3.22. The molecule has 11 heteroatoms. The van der Waals surface area contributed by atoms with E-state index in [1.54, 1.807) is 12.1 Å². The van der Waals surface area contributed by atoms with Crippen LogP contribution in [0.5, 0.6) is 0 Å². The largest absolute Gasteiger partial charge is 0.384 e. The minimum Gasteiger partial charge on any atom is -0.384 e. The first-order valence-electron chi connectivity index (χ1n) is 14.4. The number of piperidine rings is 1. The van der Waals surface area contributed by atoms with Gasteiger partial charge in [0.05, 0.1) is 31.6 Å². The molecule has 222 valence electrons. The Kier molecular flexibility index (Phi) is 11.1. The predicted octanol–water partition coefficient (Wildman–Crippen LogP) is 5.48. The Hall–Kier alpha value is -3.08. The molecule has 2 aliphatic heterocycles. The Morgan fingerprint density at radius 1 is 1.27 bits per heavy atom. The second-order valence-corrected chi connectivity index (χ2v) is 11.3. The van der Waals surface area contributed by atoms with Gasteiger partial charge in [-0.1, -0.05) is 30.5 Å². The number of nitrogens with zero attached hydrogens (tertiary/aromatic N) is 5. The molecule has 9 nitrogen and oxygen atoms in total. The van der Waals surface area contributed by atoms with Gasteiger partial charge in [0, 0.05) is 26.2 Å². The average molecular weight is 586 g/mol. The van der Waals surface area contributed by atoms with Crippen LogP contribution in [0.4, 0.5) is 21.8 Å². The van der Waals surface area contributed by atoms with Crippen molar-refractivity contribution in [3.8, 4) is 0 Å². The van der Waals surface area contributed by atoms with E-state index in [1.165, 1.54) is 6.20 Å². The number of hydrogen-bond acceptors (Lipinski definition) is 7. The molecule has 0 saturated carbocycles. The molecule has 0 radical (unpaired) electrons. The van der Waals surface area contributed by atoms with Crippen molar-refractivity contribution >= 4 is 40.8 Å². The lowest BCUT2D eigenvalue weighted by atomic mass is 9.86. The van der Waals surface area contributed by atoms with Crippen LogP contribution in [0.3, 0.4) is 0 Å². The number of ether oxygens (including phenoxy) is 1. The van der Waals surface area contributed by atoms with E-state index in [0.29, 0.717) is 38.7 Å². The van der Waals surface area contributed by atoms with Gasteiger partial charge in [-0.25, -0.2) is 14.4 Å². The first-order chi connectivity index (χ1) is 19.7. The first kappa shape index (κ1) is 30.9. The zero-order chi connectivity index (χ0) is 29.4. The molecule has 0 unspecified atom stereocenters. The number of nitrogens with two attached hydrogens (primary N) is 1. The third-order valence-corrected chi connectivity index (χ3v) is 7.90. The monoisotopic (exact) mass is 585 g/mol. The number of allylic oxidation sites excluding steroid dienone is 1. The van der Waals surface area contributed by atoms with Gasteiger partial charge in [-0.15, -0.1) is 0 Å². The van der Waals surface area contributed by atoms with Crippen LogP contribution in [0, 0.1) is 12.7 Å². The van der Waals surface area contributed by atoms with Crippen LogP contribution in [0.1, 0.15) is 63.0 Å². The summed E-state index contributed by atoms with van der Waals surface area (Å²) in [7, 11) is 0. The summed E-state index contributed by atoms with van der Waals surface area (Å²) in [6.07, 6.45) is 7.96. The number of carbonyl (C=O) groups excluding carboxylic acids is 1. The molecule has 0 bridgehead atoms. The summed E-state index contributed by atoms with van der Waals surface area (Å²) in [5.41, 5.74) is 9.42. The van der Waals surface area contributed by atoms with Gasteiger partial charge in [-0.3, -0.25) is 9.69 Å². The fourth-order valence-corrected chi connectivity index (χ4v) is 5.41. The number of carbonyl (C=O) groups is 1. The number of nitrogens with one attached hydrogen (secondary N) is 1. The molecule has 4 rings (SSSR count). The van der Waals surface area contributed by atoms with E-state index in [1.807, 2.05) is 24.8 Å². The van der Waals surface area contributed by atoms with Crippen molar-refractivity contribution in [1.82, 2.24) is 19.8 Å². The molecule has 0 aliphatic carbocycles. The summed E-state index contributed by atoms with van der Waals surface area (Å²) in [6, 6.07) is 3.36. The molecule has 1 aromatic heterocycles. The molecular formula is C30H41ClFN7O2. The fraction of sp³-hybridized carbons (Fsp3) is 0.533. The van der Waals surface area contributed by atoms with Crippen LogP contribution in [0.15, 0.2) is 35.0 Å². The Bertz CT molecular complexity index is 1270. The highest BCUT2D eigenvalue weighted by atomic mass is 35.5. The predicted molar refractivity (Wildman–Crippen MR) is 162 cm³/mol. The third kappa shape index (κ3) is 8.70. The maximum absolute atomic E-state index is 15.3. The molecule has 2 aromatic rings. The number of amides is 1. The average Bonchev–Trinajstić information content (AvgIpc) is 2.96. The van der Waals surface area contributed by atoms with Crippen LogP contribution >= 0.6 is 11.6 Å². The van der Waals surface area contributed by atoms with Crippen molar-refractivity contribution < 1.29 is 13.9 Å². The highest BCUT2D eigenvalue weighted by Gasteiger charge is 2.27. The molecule has 0 atom stereocenters. The van der Waals surface area contributed by atoms with Gasteiger partial charge in [0.25, 0.3) is 0 Å². The van der Waals surface area contributed by atoms with E-state index < -0.39 is 5.82 Å². The van der Waals surface area contributed by atoms with Gasteiger partial charge in [0.15, 0.2) is 5.82 Å². The molecule has 3 heterocycles. The number of benzene rings is 1. The second-order valence-electron chi connectivity index (χ2n) is 10.9. The number of aromatic nitrogens is 2. The van der Waals surface area contributed by atoms with Gasteiger partial charge in [-0.05, 0) is 74.8 Å². The SMILES string of the molecule is CCCCC(C)=CC(N)=Nc1nc(Nc2cc(C)c(C3CCN(C(=O)CN4CCOCC4)CC3)cc2F)ncc1Cl. The number of amidine groups is 1. The quantitative estimate of drug-likeness (QED) is 0.280. The van der Waals surface area contributed by atoms with Gasteiger partial charge in [0.1, 0.15) is 16.7 Å². The summed E-state index contributed by atoms with van der Waals surface area (Å²) in [6.45, 7) is 10.8. The standard InChI is InChI=1S/C30H41ClFN7O2/c1-4-5-6-20(2)15-27(33)36-29-24(31)18-34-30(37-29)35-26-16-21(3)23(17-25(26)32)22-7-9-39(10-8-22)28(40)19-38-11-13-41-14-12-38/h15-18,22H,4-14,19H2,1-3H3,(H3,33,34,35,36,37). The molecule has 0 spiro atoms. The zero-order valence-corrected chi connectivity index (χ0v) is 25.0. The molecule has 41 heavy (non-hydrogen) atoms. The molecule has 1 amide bonds. The number of likely N-dealkylation sites (tertiary alicyclic amines) is 1. The topological polar surface area (TPSA) is 109 Å². The fourth-order valence-electron chi connectivity index (χ4n) is 5.27. The molecule has 2 aliphatic rings. The Balaban J connectivity index is 1.39. The van der Waals surface area contributed by atoms with E-state index in [4.69, 9.17) is 22.1 Å². The summed E-state index contributed by atoms with van der Waals surface area (Å²) >= 11 is 6.26. The van der Waals surface area contributed by atoms with E-state index in [2.05, 4.69) is 32.1 Å². The number of morpholine rings is 1. The van der Waals surface area contributed by atoms with E-state index in [0.717, 1.165) is 61.9 Å². The van der Waals surface area contributed by atoms with Crippen molar-refractivity contribution in [2.24, 2.45) is 10.7 Å². The third-order valence-electron chi connectivity index (χ3n) is 7.63. The molecule has 2 fully saturated rings. The zero-order valence-electron chi connectivity index (χ0n) is 24.3. The summed E-state index contributed by atoms with van der Waals surface area (Å²) in [4.78, 5) is 29.7. The van der Waals surface area contributed by atoms with Crippen molar-refractivity contribution in [2.75, 3.05) is 51.3 Å². The van der Waals surface area contributed by atoms with Crippen molar-refractivity contribution in [1.29, 1.82) is 0 Å². The lowest BCUT2D eigenvalue weighted by Crippen LogP contribution is -2.46. The number of hydrogen-bond donors (Lipinski definition) is 2. The van der Waals surface area contributed by atoms with Crippen LogP contribution in [-0.4, -0.2) is 77.4 Å². The van der Waals surface area contributed by atoms with E-state index >= 15 is 4.39 Å². The second kappa shape index (κ2) is 14.7. The van der Waals surface area contributed by atoms with E-state index in [9.17, 15) is 4.79 Å². The minimum atomic E-state index is -0.394. The van der Waals surface area contributed by atoms with Gasteiger partial charge in [0.2, 0.25) is 11.9 Å². The summed E-state index contributed by atoms with van der Waals surface area (Å²) < 4.78 is 20.7. The van der Waals surface area contributed by atoms with Gasteiger partial charge < -0.3 is 20.7 Å². The Labute approximate surface area is 247 Å². The van der Waals surface area contributed by atoms with Crippen LogP contribution in [0.25, 0.3) is 0 Å². The number of aryl methyl sites for hydroxylation is 1. The molecule has 1 aromatic carbocycles. The molecule has 3 N–H and O–H groups in total. The molecular weight excluding hydrogens is 545 g/mol. The summed E-state index contributed by atoms with van der Waals surface area (Å²) in [5.74, 6) is 0.634. The van der Waals surface area contributed by atoms with Crippen LogP contribution in [0.2, 0.25) is 5.02 Å². The highest BCUT2D eigenvalue weighted by molar-refractivity contribution is 6.32. The Morgan fingerprint density at radius 2 is 2.00 bits per heavy atom. The smallest absolute Gasteiger partial charge is 0.236 e. The Morgan fingerprint density at radius 3 is 2.71 bits per heavy atom. The van der Waals surface area contributed by atoms with Crippen LogP contribution < -0.4 is 11.1 Å². The first-order valence-corrected chi connectivity index (χ1v) is 14.8. The maximum Gasteiger partial charge on any atom is 0.236 e. The number of anilines is 2. The normalized spacial score (nSPS) is 17.6. The van der Waals surface area contributed by atoms with Crippen molar-refractivity contribution in [2.45, 2.75) is 58.8 Å². The maximum atomic E-state index is 15.3. The number of halogens is 2. The molecule has 2 saturated heterocycles. The van der Waals surface area contributed by atoms with Gasteiger partial charge in [-0.2, -0.15) is 4.98 Å².